The van der Waals surface area contributed by atoms with Gasteiger partial charge in [-0.2, -0.15) is 0 Å². The van der Waals surface area contributed by atoms with Crippen LogP contribution in [-0.4, -0.2) is 99.0 Å². The van der Waals surface area contributed by atoms with Crippen LogP contribution in [0.4, 0.5) is 10.7 Å². The van der Waals surface area contributed by atoms with Crippen LogP contribution < -0.4 is 10.6 Å². The van der Waals surface area contributed by atoms with Gasteiger partial charge in [-0.15, -0.1) is 6.42 Å². The first-order valence-corrected chi connectivity index (χ1v) is 17.5. The number of likely N-dealkylation sites (N-methyl/N-ethyl adjacent to an activating group) is 1. The van der Waals surface area contributed by atoms with Crippen LogP contribution in [0.25, 0.3) is 11.1 Å². The van der Waals surface area contributed by atoms with Crippen molar-refractivity contribution in [1.29, 1.82) is 0 Å². The van der Waals surface area contributed by atoms with Crippen LogP contribution in [0.3, 0.4) is 0 Å². The fourth-order valence-corrected chi connectivity index (χ4v) is 6.88. The van der Waals surface area contributed by atoms with E-state index in [0.717, 1.165) is 40.7 Å². The van der Waals surface area contributed by atoms with E-state index in [9.17, 15) is 14.4 Å². The summed E-state index contributed by atoms with van der Waals surface area (Å²) in [7, 11) is 1.50. The fraction of sp³-hybridized carbons (Fsp3) is 0.385. The molecular formula is C39H44N8O5. The number of rotatable bonds is 14. The number of carbonyl (C=O) groups excluding carboxylic acids is 3. The van der Waals surface area contributed by atoms with Gasteiger partial charge in [0.25, 0.3) is 0 Å². The SMILES string of the molecule is C#CCO[C@H](C)[C@H](NC(=O)[C@H](C)N(C)C(=O)OCC1c2ccccc2-c2ccccc21)C(=O)N1CCC[C@H]1Cn1nnnc1NCc1ccccc1. The first-order chi connectivity index (χ1) is 25.3. The first kappa shape index (κ1) is 36.1. The summed E-state index contributed by atoms with van der Waals surface area (Å²) in [6.45, 7) is 4.74. The van der Waals surface area contributed by atoms with E-state index in [1.807, 2.05) is 66.7 Å². The molecule has 0 saturated carbocycles. The van der Waals surface area contributed by atoms with Gasteiger partial charge < -0.3 is 25.0 Å². The molecule has 1 saturated heterocycles. The van der Waals surface area contributed by atoms with Gasteiger partial charge in [-0.05, 0) is 64.9 Å². The summed E-state index contributed by atoms with van der Waals surface area (Å²) in [5.74, 6) is 1.94. The number of tetrazole rings is 1. The number of hydrogen-bond donors (Lipinski definition) is 2. The molecule has 13 nitrogen and oxygen atoms in total. The molecule has 13 heteroatoms. The predicted octanol–water partition coefficient (Wildman–Crippen LogP) is 4.07. The molecule has 3 amide bonds. The molecule has 0 radical (unpaired) electrons. The predicted molar refractivity (Wildman–Crippen MR) is 195 cm³/mol. The van der Waals surface area contributed by atoms with Crippen molar-refractivity contribution in [1.82, 2.24) is 35.3 Å². The summed E-state index contributed by atoms with van der Waals surface area (Å²) in [6, 6.07) is 23.8. The molecule has 0 bridgehead atoms. The highest BCUT2D eigenvalue weighted by molar-refractivity contribution is 5.91. The van der Waals surface area contributed by atoms with Crippen molar-refractivity contribution in [3.63, 3.8) is 0 Å². The Bertz CT molecular complexity index is 1860. The molecule has 2 heterocycles. The maximum atomic E-state index is 14.2. The van der Waals surface area contributed by atoms with E-state index in [0.29, 0.717) is 25.6 Å². The standard InChI is InChI=1S/C39H44N8O5/c1-5-22-51-27(3)35(37(49)46-21-13-16-29(46)24-47-38(42-43-44-47)40-23-28-14-7-6-8-15-28)41-36(48)26(2)45(4)39(50)52-25-34-32-19-11-9-17-30(32)31-18-10-12-20-33(31)34/h1,6-12,14-15,17-20,26-27,29,34-35H,13,16,21-25H2,2-4H3,(H,41,48)(H,40,42,44)/t26-,27+,29-,35-/m0/s1. The molecule has 1 aromatic heterocycles. The highest BCUT2D eigenvalue weighted by Gasteiger charge is 2.39. The summed E-state index contributed by atoms with van der Waals surface area (Å²) in [5.41, 5.74) is 5.50. The van der Waals surface area contributed by atoms with Gasteiger partial charge in [0.1, 0.15) is 25.3 Å². The number of terminal acetylenes is 1. The molecule has 4 aromatic rings. The lowest BCUT2D eigenvalue weighted by molar-refractivity contribution is -0.142. The van der Waals surface area contributed by atoms with E-state index in [1.54, 1.807) is 23.4 Å². The molecule has 270 valence electrons. The van der Waals surface area contributed by atoms with Crippen LogP contribution in [0.5, 0.6) is 0 Å². The van der Waals surface area contributed by atoms with Gasteiger partial charge >= 0.3 is 6.09 Å². The van der Waals surface area contributed by atoms with Crippen LogP contribution in [0.2, 0.25) is 0 Å². The zero-order valence-corrected chi connectivity index (χ0v) is 29.6. The zero-order chi connectivity index (χ0) is 36.6. The van der Waals surface area contributed by atoms with Crippen LogP contribution in [-0.2, 0) is 32.2 Å². The Labute approximate surface area is 303 Å². The molecule has 2 aliphatic rings. The molecule has 52 heavy (non-hydrogen) atoms. The molecule has 6 rings (SSSR count). The van der Waals surface area contributed by atoms with Gasteiger partial charge in [-0.1, -0.05) is 89.9 Å². The summed E-state index contributed by atoms with van der Waals surface area (Å²) in [6.07, 6.45) is 5.55. The van der Waals surface area contributed by atoms with Gasteiger partial charge in [-0.25, -0.2) is 9.48 Å². The number of nitrogens with zero attached hydrogens (tertiary/aromatic N) is 6. The molecule has 1 aliphatic carbocycles. The topological polar surface area (TPSA) is 144 Å². The Morgan fingerprint density at radius 1 is 1.00 bits per heavy atom. The molecular weight excluding hydrogens is 660 g/mol. The first-order valence-electron chi connectivity index (χ1n) is 17.5. The number of hydrogen-bond acceptors (Lipinski definition) is 9. The van der Waals surface area contributed by atoms with E-state index < -0.39 is 30.2 Å². The Hall–Kier alpha value is -5.74. The van der Waals surface area contributed by atoms with Crippen LogP contribution in [0, 0.1) is 12.3 Å². The van der Waals surface area contributed by atoms with Gasteiger partial charge in [-0.3, -0.25) is 14.5 Å². The average Bonchev–Trinajstić information content (AvgIpc) is 3.91. The monoisotopic (exact) mass is 704 g/mol. The lowest BCUT2D eigenvalue weighted by Crippen LogP contribution is -2.58. The second-order valence-electron chi connectivity index (χ2n) is 13.1. The lowest BCUT2D eigenvalue weighted by atomic mass is 9.98. The molecule has 1 aliphatic heterocycles. The average molecular weight is 705 g/mol. The number of nitrogens with one attached hydrogen (secondary N) is 2. The highest BCUT2D eigenvalue weighted by atomic mass is 16.6. The second-order valence-corrected chi connectivity index (χ2v) is 13.1. The third kappa shape index (κ3) is 7.92. The fourth-order valence-electron chi connectivity index (χ4n) is 6.88. The molecule has 2 N–H and O–H groups in total. The van der Waals surface area contributed by atoms with E-state index in [2.05, 4.69) is 44.2 Å². The maximum Gasteiger partial charge on any atom is 0.410 e. The number of fused-ring (bicyclic) bond motifs is 3. The number of ether oxygens (including phenoxy) is 2. The third-order valence-corrected chi connectivity index (χ3v) is 9.92. The molecule has 3 aromatic carbocycles. The van der Waals surface area contributed by atoms with Crippen molar-refractivity contribution in [3.8, 4) is 23.5 Å². The van der Waals surface area contributed by atoms with Crippen LogP contribution in [0.15, 0.2) is 78.9 Å². The summed E-state index contributed by atoms with van der Waals surface area (Å²) < 4.78 is 13.2. The van der Waals surface area contributed by atoms with Gasteiger partial charge in [0.2, 0.25) is 17.8 Å². The smallest absolute Gasteiger partial charge is 0.410 e. The number of anilines is 1. The van der Waals surface area contributed by atoms with Crippen molar-refractivity contribution in [3.05, 3.63) is 95.6 Å². The largest absolute Gasteiger partial charge is 0.448 e. The molecule has 4 atom stereocenters. The maximum absolute atomic E-state index is 14.2. The highest BCUT2D eigenvalue weighted by Crippen LogP contribution is 2.44. The minimum absolute atomic E-state index is 0.0411. The van der Waals surface area contributed by atoms with Gasteiger partial charge in [0.05, 0.1) is 18.7 Å². The summed E-state index contributed by atoms with van der Waals surface area (Å²) >= 11 is 0. The Kier molecular flexibility index (Phi) is 11.5. The normalized spacial score (nSPS) is 16.6. The quantitative estimate of drug-likeness (QED) is 0.186. The Morgan fingerprint density at radius 3 is 2.37 bits per heavy atom. The lowest BCUT2D eigenvalue weighted by Gasteiger charge is -2.33. The van der Waals surface area contributed by atoms with E-state index >= 15 is 0 Å². The minimum Gasteiger partial charge on any atom is -0.448 e. The zero-order valence-electron chi connectivity index (χ0n) is 29.6. The van der Waals surface area contributed by atoms with E-state index in [1.165, 1.54) is 11.9 Å². The van der Waals surface area contributed by atoms with Crippen molar-refractivity contribution < 1.29 is 23.9 Å². The van der Waals surface area contributed by atoms with Gasteiger partial charge in [0, 0.05) is 26.1 Å². The summed E-state index contributed by atoms with van der Waals surface area (Å²) in [5, 5.41) is 18.3. The van der Waals surface area contributed by atoms with Crippen LogP contribution in [0.1, 0.15) is 49.3 Å². The third-order valence-electron chi connectivity index (χ3n) is 9.92. The minimum atomic E-state index is -1.07. The number of amides is 3. The Balaban J connectivity index is 1.09. The van der Waals surface area contributed by atoms with E-state index in [4.69, 9.17) is 15.9 Å². The van der Waals surface area contributed by atoms with Crippen molar-refractivity contribution in [2.75, 3.05) is 32.1 Å². The Morgan fingerprint density at radius 2 is 1.67 bits per heavy atom. The van der Waals surface area contributed by atoms with Crippen molar-refractivity contribution >= 4 is 23.9 Å². The van der Waals surface area contributed by atoms with Crippen LogP contribution >= 0.6 is 0 Å². The summed E-state index contributed by atoms with van der Waals surface area (Å²) in [4.78, 5) is 44.2. The molecule has 0 spiro atoms. The van der Waals surface area contributed by atoms with Crippen molar-refractivity contribution in [2.24, 2.45) is 0 Å². The van der Waals surface area contributed by atoms with Gasteiger partial charge in [0.15, 0.2) is 0 Å². The number of aromatic nitrogens is 4. The number of likely N-dealkylation sites (tertiary alicyclic amines) is 1. The molecule has 1 fully saturated rings. The second kappa shape index (κ2) is 16.5. The number of benzene rings is 3. The van der Waals surface area contributed by atoms with Crippen molar-refractivity contribution in [2.45, 2.75) is 69.9 Å². The molecule has 0 unspecified atom stereocenters. The number of carbonyl (C=O) groups is 3. The van der Waals surface area contributed by atoms with E-state index in [-0.39, 0.29) is 31.1 Å².